The zero-order chi connectivity index (χ0) is 32.2. The Morgan fingerprint density at radius 1 is 0.396 bits per heavy atom. The van der Waals surface area contributed by atoms with E-state index < -0.39 is 0 Å². The van der Waals surface area contributed by atoms with Crippen molar-refractivity contribution in [2.45, 2.75) is 0 Å². The molecule has 0 N–H and O–H groups in total. The average molecular weight is 611 g/mol. The fraction of sp³-hybridized carbons (Fsp3) is 0. The highest BCUT2D eigenvalue weighted by Gasteiger charge is 2.22. The lowest BCUT2D eigenvalue weighted by Crippen LogP contribution is -2.02. The van der Waals surface area contributed by atoms with Crippen molar-refractivity contribution in [3.63, 3.8) is 0 Å². The van der Waals surface area contributed by atoms with E-state index >= 15 is 0 Å². The molecule has 0 atom stereocenters. The van der Waals surface area contributed by atoms with Crippen molar-refractivity contribution in [1.82, 2.24) is 9.13 Å². The monoisotopic (exact) mass is 610 g/mol. The molecule has 2 heterocycles. The lowest BCUT2D eigenvalue weighted by atomic mass is 9.90. The predicted octanol–water partition coefficient (Wildman–Crippen LogP) is 11.0. The van der Waals surface area contributed by atoms with Crippen LogP contribution in [0, 0.1) is 22.7 Å². The fourth-order valence-corrected chi connectivity index (χ4v) is 7.41. The number of hydrogen-bond donors (Lipinski definition) is 0. The molecule has 7 aromatic carbocycles. The average Bonchev–Trinajstić information content (AvgIpc) is 3.67. The van der Waals surface area contributed by atoms with Gasteiger partial charge in [0.1, 0.15) is 12.1 Å². The Hall–Kier alpha value is -6.88. The molecule has 0 aliphatic rings. The van der Waals surface area contributed by atoms with Crippen LogP contribution in [-0.4, -0.2) is 9.13 Å². The smallest absolute Gasteiger partial charge is 0.101 e. The summed E-state index contributed by atoms with van der Waals surface area (Å²) >= 11 is 0. The molecule has 0 fully saturated rings. The van der Waals surface area contributed by atoms with Gasteiger partial charge in [0.05, 0.1) is 38.9 Å². The van der Waals surface area contributed by atoms with Gasteiger partial charge >= 0.3 is 0 Å². The first kappa shape index (κ1) is 27.4. The summed E-state index contributed by atoms with van der Waals surface area (Å²) in [5.41, 5.74) is 10.6. The van der Waals surface area contributed by atoms with Gasteiger partial charge in [-0.15, -0.1) is 0 Å². The first-order valence-electron chi connectivity index (χ1n) is 15.9. The molecule has 0 unspecified atom stereocenters. The van der Waals surface area contributed by atoms with Crippen LogP contribution in [0.5, 0.6) is 0 Å². The van der Waals surface area contributed by atoms with E-state index in [0.29, 0.717) is 11.1 Å². The first-order valence-corrected chi connectivity index (χ1v) is 15.9. The Kier molecular flexibility index (Phi) is 6.22. The summed E-state index contributed by atoms with van der Waals surface area (Å²) < 4.78 is 4.47. The predicted molar refractivity (Wildman–Crippen MR) is 195 cm³/mol. The van der Waals surface area contributed by atoms with E-state index in [1.165, 1.54) is 10.8 Å². The SMILES string of the molecule is N#Cc1cccc(-c2cccc(-c3cccc(-n4c5ccccc5c5ccccc54)c3)c2C#N)c1-n1c2ccccc2c2ccccc21. The van der Waals surface area contributed by atoms with E-state index in [9.17, 15) is 10.5 Å². The Labute approximate surface area is 277 Å². The molecule has 9 rings (SSSR count). The second kappa shape index (κ2) is 10.9. The number of hydrogen-bond acceptors (Lipinski definition) is 2. The van der Waals surface area contributed by atoms with Crippen LogP contribution in [0.2, 0.25) is 0 Å². The summed E-state index contributed by atoms with van der Waals surface area (Å²) in [6, 6.07) is 58.7. The normalized spacial score (nSPS) is 11.3. The third-order valence-electron chi connectivity index (χ3n) is 9.42. The molecule has 0 spiro atoms. The van der Waals surface area contributed by atoms with Gasteiger partial charge in [0.2, 0.25) is 0 Å². The highest BCUT2D eigenvalue weighted by atomic mass is 15.0. The van der Waals surface area contributed by atoms with Crippen molar-refractivity contribution in [1.29, 1.82) is 10.5 Å². The number of nitrogens with zero attached hydrogens (tertiary/aromatic N) is 4. The van der Waals surface area contributed by atoms with Crippen molar-refractivity contribution in [3.05, 3.63) is 169 Å². The first-order chi connectivity index (χ1) is 23.8. The van der Waals surface area contributed by atoms with Gasteiger partial charge in [0, 0.05) is 43.9 Å². The van der Waals surface area contributed by atoms with Gasteiger partial charge in [-0.2, -0.15) is 10.5 Å². The molecule has 0 bridgehead atoms. The molecule has 222 valence electrons. The largest absolute Gasteiger partial charge is 0.309 e. The maximum Gasteiger partial charge on any atom is 0.101 e. The van der Waals surface area contributed by atoms with E-state index in [4.69, 9.17) is 0 Å². The Morgan fingerprint density at radius 2 is 0.875 bits per heavy atom. The van der Waals surface area contributed by atoms with Gasteiger partial charge in [0.15, 0.2) is 0 Å². The van der Waals surface area contributed by atoms with Gasteiger partial charge in [-0.3, -0.25) is 0 Å². The minimum Gasteiger partial charge on any atom is -0.309 e. The Balaban J connectivity index is 1.28. The van der Waals surface area contributed by atoms with Crippen molar-refractivity contribution < 1.29 is 0 Å². The maximum absolute atomic E-state index is 10.8. The number of para-hydroxylation sites is 5. The van der Waals surface area contributed by atoms with E-state index in [0.717, 1.165) is 66.5 Å². The van der Waals surface area contributed by atoms with Gasteiger partial charge in [-0.05, 0) is 48.0 Å². The van der Waals surface area contributed by atoms with E-state index in [1.807, 2.05) is 60.7 Å². The van der Waals surface area contributed by atoms with Crippen molar-refractivity contribution in [2.75, 3.05) is 0 Å². The molecular weight excluding hydrogens is 585 g/mol. The molecule has 0 aliphatic carbocycles. The molecule has 2 aromatic heterocycles. The van der Waals surface area contributed by atoms with Gasteiger partial charge in [0.25, 0.3) is 0 Å². The third-order valence-corrected chi connectivity index (χ3v) is 9.42. The summed E-state index contributed by atoms with van der Waals surface area (Å²) in [5, 5.41) is 25.9. The molecule has 9 aromatic rings. The van der Waals surface area contributed by atoms with Crippen molar-refractivity contribution in [2.24, 2.45) is 0 Å². The minimum atomic E-state index is 0.543. The molecule has 4 heteroatoms. The maximum atomic E-state index is 10.8. The summed E-state index contributed by atoms with van der Waals surface area (Å²) in [5.74, 6) is 0. The summed E-state index contributed by atoms with van der Waals surface area (Å²) in [7, 11) is 0. The zero-order valence-corrected chi connectivity index (χ0v) is 25.8. The van der Waals surface area contributed by atoms with E-state index in [2.05, 4.69) is 118 Å². The van der Waals surface area contributed by atoms with Crippen molar-refractivity contribution in [3.8, 4) is 45.8 Å². The molecule has 0 aliphatic heterocycles. The summed E-state index contributed by atoms with van der Waals surface area (Å²) in [6.07, 6.45) is 0. The zero-order valence-electron chi connectivity index (χ0n) is 25.8. The topological polar surface area (TPSA) is 57.4 Å². The van der Waals surface area contributed by atoms with E-state index in [-0.39, 0.29) is 0 Å². The number of benzene rings is 7. The number of rotatable bonds is 4. The second-order valence-corrected chi connectivity index (χ2v) is 11.9. The molecular formula is C44H26N4. The minimum absolute atomic E-state index is 0.543. The quantitative estimate of drug-likeness (QED) is 0.199. The van der Waals surface area contributed by atoms with E-state index in [1.54, 1.807) is 0 Å². The van der Waals surface area contributed by atoms with Gasteiger partial charge < -0.3 is 9.13 Å². The fourth-order valence-electron chi connectivity index (χ4n) is 7.41. The number of fused-ring (bicyclic) bond motifs is 6. The lowest BCUT2D eigenvalue weighted by molar-refractivity contribution is 1.17. The lowest BCUT2D eigenvalue weighted by Gasteiger charge is -2.18. The van der Waals surface area contributed by atoms with Crippen LogP contribution in [0.1, 0.15) is 11.1 Å². The molecule has 48 heavy (non-hydrogen) atoms. The van der Waals surface area contributed by atoms with Crippen LogP contribution >= 0.6 is 0 Å². The summed E-state index contributed by atoms with van der Waals surface area (Å²) in [4.78, 5) is 0. The highest BCUT2D eigenvalue weighted by molar-refractivity contribution is 6.11. The van der Waals surface area contributed by atoms with Crippen LogP contribution in [0.15, 0.2) is 158 Å². The van der Waals surface area contributed by atoms with Crippen LogP contribution < -0.4 is 0 Å². The molecule has 4 nitrogen and oxygen atoms in total. The Morgan fingerprint density at radius 3 is 1.44 bits per heavy atom. The molecule has 0 amide bonds. The van der Waals surface area contributed by atoms with Crippen LogP contribution in [-0.2, 0) is 0 Å². The van der Waals surface area contributed by atoms with Crippen LogP contribution in [0.4, 0.5) is 0 Å². The molecule has 0 saturated heterocycles. The van der Waals surface area contributed by atoms with Gasteiger partial charge in [-0.25, -0.2) is 0 Å². The van der Waals surface area contributed by atoms with Gasteiger partial charge in [-0.1, -0.05) is 115 Å². The number of nitriles is 2. The molecule has 0 saturated carbocycles. The van der Waals surface area contributed by atoms with Crippen molar-refractivity contribution >= 4 is 43.6 Å². The Bertz CT molecular complexity index is 2710. The van der Waals surface area contributed by atoms with Crippen LogP contribution in [0.3, 0.4) is 0 Å². The third kappa shape index (κ3) is 4.01. The second-order valence-electron chi connectivity index (χ2n) is 11.9. The summed E-state index contributed by atoms with van der Waals surface area (Å²) in [6.45, 7) is 0. The van der Waals surface area contributed by atoms with Crippen LogP contribution in [0.25, 0.3) is 77.2 Å². The molecule has 0 radical (unpaired) electrons. The highest BCUT2D eigenvalue weighted by Crippen LogP contribution is 2.41. The standard InChI is InChI=1S/C44H26N4/c45-27-30-13-10-21-38(44(30)48-42-24-7-3-17-36(42)37-18-4-8-25-43(37)48)33-20-11-19-32(39(33)28-46)29-12-9-14-31(26-29)47-40-22-5-1-15-34(40)35-16-2-6-23-41(35)47/h1-26H. The number of aromatic nitrogens is 2.